The maximum Gasteiger partial charge on any atom is 0.460 e. The molecule has 3 aromatic carbocycles. The molecule has 0 atom stereocenters. The van der Waals surface area contributed by atoms with Gasteiger partial charge in [-0.2, -0.15) is 47.9 Å². The van der Waals surface area contributed by atoms with Crippen molar-refractivity contribution in [1.82, 2.24) is 0 Å². The molecular formula is C26H21F9O5S2. The Hall–Kier alpha value is -3.37. The molecule has 0 fully saturated rings. The van der Waals surface area contributed by atoms with Crippen LogP contribution in [0, 0.1) is 0 Å². The number of halogens is 9. The molecule has 3 aromatic rings. The molecule has 16 heteroatoms. The smallest absolute Gasteiger partial charge is 0.460 e. The molecule has 5 nitrogen and oxygen atoms in total. The van der Waals surface area contributed by atoms with Crippen LogP contribution < -0.4 is 4.74 Å². The number of hydrogen-bond donors (Lipinski definition) is 0. The predicted molar refractivity (Wildman–Crippen MR) is 134 cm³/mol. The van der Waals surface area contributed by atoms with Gasteiger partial charge in [0.25, 0.3) is 0 Å². The lowest BCUT2D eigenvalue weighted by molar-refractivity contribution is -0.382. The van der Waals surface area contributed by atoms with E-state index in [4.69, 9.17) is 13.1 Å². The van der Waals surface area contributed by atoms with Gasteiger partial charge < -0.3 is 9.47 Å². The second-order valence-corrected chi connectivity index (χ2v) is 12.7. The highest BCUT2D eigenvalue weighted by atomic mass is 32.3. The van der Waals surface area contributed by atoms with Gasteiger partial charge in [0.15, 0.2) is 0 Å². The van der Waals surface area contributed by atoms with Crippen LogP contribution in [0.25, 0.3) is 0 Å². The second kappa shape index (κ2) is 12.1. The molecule has 0 N–H and O–H groups in total. The molecule has 0 aliphatic rings. The Labute approximate surface area is 236 Å². The Morgan fingerprint density at radius 2 is 1.10 bits per heavy atom. The van der Waals surface area contributed by atoms with Crippen molar-refractivity contribution < 1.29 is 61.0 Å². The zero-order chi connectivity index (χ0) is 31.5. The summed E-state index contributed by atoms with van der Waals surface area (Å²) in [5.41, 5.74) is 0. The molecule has 0 heterocycles. The minimum absolute atomic E-state index is 0.0142. The highest BCUT2D eigenvalue weighted by Gasteiger charge is 2.86. The van der Waals surface area contributed by atoms with Crippen LogP contribution in [-0.2, 0) is 18.5 Å². The molecule has 230 valence electrons. The van der Waals surface area contributed by atoms with Gasteiger partial charge in [0, 0.05) is 14.7 Å². The lowest BCUT2D eigenvalue weighted by Crippen LogP contribution is -2.63. The maximum absolute atomic E-state index is 14.9. The third-order valence-electron chi connectivity index (χ3n) is 5.52. The summed E-state index contributed by atoms with van der Waals surface area (Å²) in [5.74, 6) is -14.8. The van der Waals surface area contributed by atoms with Crippen molar-refractivity contribution in [2.75, 3.05) is 13.2 Å². The monoisotopic (exact) mass is 648 g/mol. The van der Waals surface area contributed by atoms with Crippen molar-refractivity contribution in [1.29, 1.82) is 0 Å². The molecule has 0 spiro atoms. The molecule has 0 bridgehead atoms. The van der Waals surface area contributed by atoms with Crippen molar-refractivity contribution >= 4 is 20.4 Å². The molecule has 0 amide bonds. The first-order valence-electron chi connectivity index (χ1n) is 11.5. The topological polar surface area (TPSA) is 61.8 Å². The molecule has 0 unspecified atom stereocenters. The summed E-state index contributed by atoms with van der Waals surface area (Å²) >= 11 is 0. The van der Waals surface area contributed by atoms with Crippen LogP contribution in [0.5, 0.6) is 5.75 Å². The first-order chi connectivity index (χ1) is 19.5. The summed E-state index contributed by atoms with van der Waals surface area (Å²) in [7, 11) is -11.4. The van der Waals surface area contributed by atoms with Crippen molar-refractivity contribution in [2.24, 2.45) is 0 Å². The largest absolute Gasteiger partial charge is 0.498 e. The first-order valence-corrected chi connectivity index (χ1v) is 14.5. The average molecular weight is 649 g/mol. The molecule has 0 aromatic heterocycles. The molecular weight excluding hydrogens is 627 g/mol. The molecule has 42 heavy (non-hydrogen) atoms. The average Bonchev–Trinajstić information content (AvgIpc) is 2.94. The minimum atomic E-state index is -7.47. The van der Waals surface area contributed by atoms with Crippen LogP contribution in [0.4, 0.5) is 39.5 Å². The molecule has 0 aliphatic carbocycles. The van der Waals surface area contributed by atoms with Crippen molar-refractivity contribution in [2.45, 2.75) is 38.0 Å². The van der Waals surface area contributed by atoms with E-state index in [0.717, 1.165) is 18.4 Å². The maximum atomic E-state index is 14.9. The number of ether oxygens (including phenoxy) is 2. The summed E-state index contributed by atoms with van der Waals surface area (Å²) in [6.07, 6.45) is -6.07. The van der Waals surface area contributed by atoms with Crippen LogP contribution in [0.2, 0.25) is 0 Å². The van der Waals surface area contributed by atoms with Crippen LogP contribution in [0.15, 0.2) is 112 Å². The SMILES string of the molecule is C=COCCOc1ccc(S(OS(=O)(=O)C(F)(F)C(F)(F)C(F)(F)C(F)(F)F)(c2ccccc2)c2ccccc2)cc1. The minimum Gasteiger partial charge on any atom is -0.498 e. The van der Waals surface area contributed by atoms with E-state index in [2.05, 4.69) is 6.58 Å². The van der Waals surface area contributed by atoms with Crippen LogP contribution >= 0.6 is 10.3 Å². The Bertz CT molecular complexity index is 1410. The zero-order valence-electron chi connectivity index (χ0n) is 21.0. The Morgan fingerprint density at radius 3 is 1.52 bits per heavy atom. The van der Waals surface area contributed by atoms with Crippen molar-refractivity contribution in [3.8, 4) is 5.75 Å². The third kappa shape index (κ3) is 5.92. The van der Waals surface area contributed by atoms with Crippen LogP contribution in [0.3, 0.4) is 0 Å². The highest BCUT2D eigenvalue weighted by Crippen LogP contribution is 2.71. The van der Waals surface area contributed by atoms with E-state index in [1.165, 1.54) is 72.8 Å². The van der Waals surface area contributed by atoms with Gasteiger partial charge in [0.1, 0.15) is 19.0 Å². The predicted octanol–water partition coefficient (Wildman–Crippen LogP) is 8.19. The summed E-state index contributed by atoms with van der Waals surface area (Å²) in [6.45, 7) is 3.45. The lowest BCUT2D eigenvalue weighted by Gasteiger charge is -2.41. The van der Waals surface area contributed by atoms with E-state index >= 15 is 0 Å². The van der Waals surface area contributed by atoms with Gasteiger partial charge in [0.2, 0.25) is 0 Å². The van der Waals surface area contributed by atoms with E-state index in [0.29, 0.717) is 0 Å². The summed E-state index contributed by atoms with van der Waals surface area (Å²) in [6, 6.07) is 17.7. The van der Waals surface area contributed by atoms with Gasteiger partial charge in [-0.25, -0.2) is 3.63 Å². The Balaban J connectivity index is 2.25. The number of rotatable bonds is 13. The lowest BCUT2D eigenvalue weighted by atomic mass is 10.1. The van der Waals surface area contributed by atoms with Crippen molar-refractivity contribution in [3.05, 3.63) is 97.8 Å². The third-order valence-corrected chi connectivity index (χ3v) is 10.7. The summed E-state index contributed by atoms with van der Waals surface area (Å²) in [4.78, 5) is -0.635. The highest BCUT2D eigenvalue weighted by molar-refractivity contribution is 8.33. The van der Waals surface area contributed by atoms with E-state index in [1.807, 2.05) is 0 Å². The number of alkyl halides is 9. The molecule has 0 radical (unpaired) electrons. The zero-order valence-corrected chi connectivity index (χ0v) is 22.7. The first kappa shape index (κ1) is 33.1. The van der Waals surface area contributed by atoms with Gasteiger partial charge in [-0.05, 0) is 58.8 Å². The standard InChI is InChI=1S/C26H21F9O5S2/c1-2-38-17-18-39-19-13-15-22(16-14-19)41(20-9-5-3-6-10-20,21-11-7-4-8-12-21)40-42(36,37)26(34,35)24(29,30)23(27,28)25(31,32)33/h2-16H,1,17-18H2. The van der Waals surface area contributed by atoms with Gasteiger partial charge in [-0.1, -0.05) is 43.0 Å². The van der Waals surface area contributed by atoms with Crippen molar-refractivity contribution in [3.63, 3.8) is 0 Å². The normalized spacial score (nSPS) is 13.8. The number of hydrogen-bond acceptors (Lipinski definition) is 5. The van der Waals surface area contributed by atoms with Gasteiger partial charge >= 0.3 is 33.4 Å². The van der Waals surface area contributed by atoms with Gasteiger partial charge in [-0.3, -0.25) is 0 Å². The Kier molecular flexibility index (Phi) is 9.54. The fourth-order valence-corrected chi connectivity index (χ4v) is 8.68. The quantitative estimate of drug-likeness (QED) is 0.106. The Morgan fingerprint density at radius 1 is 0.643 bits per heavy atom. The summed E-state index contributed by atoms with van der Waals surface area (Å²) < 4.78 is 165. The fraction of sp³-hybridized carbons (Fsp3) is 0.231. The number of benzene rings is 3. The van der Waals surface area contributed by atoms with Crippen LogP contribution in [-0.4, -0.2) is 44.9 Å². The second-order valence-electron chi connectivity index (χ2n) is 8.23. The molecule has 0 aliphatic heterocycles. The van der Waals surface area contributed by atoms with E-state index in [9.17, 15) is 47.9 Å². The summed E-state index contributed by atoms with van der Waals surface area (Å²) in [5, 5.41) is -7.06. The molecule has 0 saturated heterocycles. The van der Waals surface area contributed by atoms with E-state index in [-0.39, 0.29) is 33.6 Å². The van der Waals surface area contributed by atoms with E-state index < -0.39 is 43.7 Å². The van der Waals surface area contributed by atoms with Crippen LogP contribution in [0.1, 0.15) is 0 Å². The molecule has 0 saturated carbocycles. The van der Waals surface area contributed by atoms with Gasteiger partial charge in [0.05, 0.1) is 6.26 Å². The molecule has 3 rings (SSSR count). The van der Waals surface area contributed by atoms with E-state index in [1.54, 1.807) is 0 Å². The fourth-order valence-electron chi connectivity index (χ4n) is 3.46. The van der Waals surface area contributed by atoms with Gasteiger partial charge in [-0.15, -0.1) is 0 Å².